The van der Waals surface area contributed by atoms with Crippen molar-refractivity contribution in [2.24, 2.45) is 0 Å². The van der Waals surface area contributed by atoms with E-state index in [1.165, 1.54) is 4.88 Å². The Morgan fingerprint density at radius 3 is 2.53 bits per heavy atom. The van der Waals surface area contributed by atoms with Gasteiger partial charge < -0.3 is 10.1 Å². The number of morpholine rings is 1. The third kappa shape index (κ3) is 5.08. The van der Waals surface area contributed by atoms with Crippen molar-refractivity contribution in [1.82, 2.24) is 20.0 Å². The number of para-hydroxylation sites is 1. The average molecular weight is 493 g/mol. The molecule has 4 aromatic rings. The molecule has 2 aromatic carbocycles. The predicted molar refractivity (Wildman–Crippen MR) is 136 cm³/mol. The molecule has 1 N–H and O–H groups in total. The number of nitrogens with one attached hydrogen (secondary N) is 1. The van der Waals surface area contributed by atoms with Gasteiger partial charge in [-0.15, -0.1) is 11.3 Å². The van der Waals surface area contributed by atoms with Crippen LogP contribution in [0, 0.1) is 0 Å². The first-order chi connectivity index (χ1) is 16.7. The summed E-state index contributed by atoms with van der Waals surface area (Å²) in [6, 6.07) is 21.5. The summed E-state index contributed by atoms with van der Waals surface area (Å²) in [7, 11) is 0. The average Bonchev–Trinajstić information content (AvgIpc) is 3.57. The Balaban J connectivity index is 1.42. The molecule has 0 aliphatic carbocycles. The quantitative estimate of drug-likeness (QED) is 0.392. The van der Waals surface area contributed by atoms with Gasteiger partial charge in [0, 0.05) is 41.3 Å². The Morgan fingerprint density at radius 2 is 1.82 bits per heavy atom. The standard InChI is InChI=1S/C26H25ClN4O2S/c27-20-10-8-19(9-11-20)25-22(18-31(29-25)21-5-2-1-3-6-21)26(32)28-17-23(24-7-4-16-34-24)30-12-14-33-15-13-30/h1-11,16,18,23H,12-15,17H2,(H,28,32)/t23-/m1/s1. The topological polar surface area (TPSA) is 59.4 Å². The SMILES string of the molecule is O=C(NC[C@H](c1cccs1)N1CCOCC1)c1cn(-c2ccccc2)nc1-c1ccc(Cl)cc1. The van der Waals surface area contributed by atoms with E-state index in [0.29, 0.717) is 36.0 Å². The Morgan fingerprint density at radius 1 is 1.06 bits per heavy atom. The second-order valence-corrected chi connectivity index (χ2v) is 9.48. The van der Waals surface area contributed by atoms with Crippen LogP contribution in [0.4, 0.5) is 0 Å². The molecule has 1 saturated heterocycles. The summed E-state index contributed by atoms with van der Waals surface area (Å²) in [6.45, 7) is 3.62. The molecular weight excluding hydrogens is 468 g/mol. The Labute approximate surface area is 207 Å². The minimum atomic E-state index is -0.151. The van der Waals surface area contributed by atoms with Crippen LogP contribution < -0.4 is 5.32 Å². The summed E-state index contributed by atoms with van der Waals surface area (Å²) in [6.07, 6.45) is 1.80. The van der Waals surface area contributed by atoms with Crippen molar-refractivity contribution in [3.63, 3.8) is 0 Å². The number of rotatable bonds is 7. The molecule has 0 unspecified atom stereocenters. The molecule has 2 aromatic heterocycles. The van der Waals surface area contributed by atoms with Crippen LogP contribution in [-0.2, 0) is 4.74 Å². The molecule has 1 amide bonds. The number of benzene rings is 2. The van der Waals surface area contributed by atoms with Gasteiger partial charge in [-0.1, -0.05) is 48.0 Å². The summed E-state index contributed by atoms with van der Waals surface area (Å²) in [4.78, 5) is 17.1. The Hall–Kier alpha value is -2.97. The van der Waals surface area contributed by atoms with Crippen molar-refractivity contribution in [2.75, 3.05) is 32.8 Å². The predicted octanol–water partition coefficient (Wildman–Crippen LogP) is 5.06. The Bertz CT molecular complexity index is 1220. The molecule has 8 heteroatoms. The summed E-state index contributed by atoms with van der Waals surface area (Å²) < 4.78 is 7.28. The minimum absolute atomic E-state index is 0.107. The number of ether oxygens (including phenoxy) is 1. The van der Waals surface area contributed by atoms with Crippen molar-refractivity contribution in [2.45, 2.75) is 6.04 Å². The van der Waals surface area contributed by atoms with Gasteiger partial charge >= 0.3 is 0 Å². The summed E-state index contributed by atoms with van der Waals surface area (Å²) in [5.41, 5.74) is 2.88. The Kier molecular flexibility index (Phi) is 7.06. The maximum Gasteiger partial charge on any atom is 0.255 e. The highest BCUT2D eigenvalue weighted by molar-refractivity contribution is 7.10. The van der Waals surface area contributed by atoms with Crippen LogP contribution in [0.5, 0.6) is 0 Å². The largest absolute Gasteiger partial charge is 0.379 e. The van der Waals surface area contributed by atoms with E-state index in [9.17, 15) is 4.79 Å². The van der Waals surface area contributed by atoms with Gasteiger partial charge in [0.1, 0.15) is 5.69 Å². The van der Waals surface area contributed by atoms with Crippen LogP contribution in [0.1, 0.15) is 21.3 Å². The van der Waals surface area contributed by atoms with Crippen molar-refractivity contribution < 1.29 is 9.53 Å². The zero-order chi connectivity index (χ0) is 23.3. The molecule has 1 fully saturated rings. The lowest BCUT2D eigenvalue weighted by molar-refractivity contribution is 0.0169. The third-order valence-corrected chi connectivity index (χ3v) is 7.14. The number of aromatic nitrogens is 2. The van der Waals surface area contributed by atoms with E-state index in [2.05, 4.69) is 27.7 Å². The van der Waals surface area contributed by atoms with E-state index in [1.807, 2.05) is 54.6 Å². The fourth-order valence-corrected chi connectivity index (χ4v) is 5.13. The molecule has 0 radical (unpaired) electrons. The molecule has 5 rings (SSSR count). The van der Waals surface area contributed by atoms with Gasteiger partial charge in [-0.3, -0.25) is 9.69 Å². The van der Waals surface area contributed by atoms with E-state index in [4.69, 9.17) is 21.4 Å². The highest BCUT2D eigenvalue weighted by atomic mass is 35.5. The van der Waals surface area contributed by atoms with Gasteiger partial charge in [-0.2, -0.15) is 5.10 Å². The lowest BCUT2D eigenvalue weighted by Crippen LogP contribution is -2.43. The molecule has 0 bridgehead atoms. The van der Waals surface area contributed by atoms with Crippen LogP contribution >= 0.6 is 22.9 Å². The monoisotopic (exact) mass is 492 g/mol. The van der Waals surface area contributed by atoms with Crippen molar-refractivity contribution in [3.8, 4) is 16.9 Å². The first-order valence-corrected chi connectivity index (χ1v) is 12.5. The zero-order valence-electron chi connectivity index (χ0n) is 18.6. The fraction of sp³-hybridized carbons (Fsp3) is 0.231. The van der Waals surface area contributed by atoms with E-state index in [1.54, 1.807) is 22.2 Å². The van der Waals surface area contributed by atoms with Gasteiger partial charge in [0.05, 0.1) is 30.5 Å². The minimum Gasteiger partial charge on any atom is -0.379 e. The summed E-state index contributed by atoms with van der Waals surface area (Å²) in [5.74, 6) is -0.151. The van der Waals surface area contributed by atoms with E-state index in [-0.39, 0.29) is 11.9 Å². The van der Waals surface area contributed by atoms with E-state index < -0.39 is 0 Å². The van der Waals surface area contributed by atoms with Gasteiger partial charge in [0.15, 0.2) is 0 Å². The van der Waals surface area contributed by atoms with Crippen molar-refractivity contribution in [3.05, 3.63) is 93.8 Å². The zero-order valence-corrected chi connectivity index (χ0v) is 20.1. The van der Waals surface area contributed by atoms with Crippen LogP contribution in [0.15, 0.2) is 78.3 Å². The van der Waals surface area contributed by atoms with Gasteiger partial charge in [-0.05, 0) is 35.7 Å². The number of halogens is 1. The molecule has 1 aliphatic heterocycles. The molecule has 3 heterocycles. The molecule has 6 nitrogen and oxygen atoms in total. The summed E-state index contributed by atoms with van der Waals surface area (Å²) in [5, 5.41) is 10.6. The maximum atomic E-state index is 13.5. The van der Waals surface area contributed by atoms with E-state index >= 15 is 0 Å². The third-order valence-electron chi connectivity index (χ3n) is 5.91. The molecule has 0 spiro atoms. The number of amides is 1. The molecular formula is C26H25ClN4O2S. The van der Waals surface area contributed by atoms with Crippen LogP contribution in [0.3, 0.4) is 0 Å². The molecule has 0 saturated carbocycles. The normalized spacial score (nSPS) is 15.2. The van der Waals surface area contributed by atoms with Gasteiger partial charge in [0.25, 0.3) is 5.91 Å². The van der Waals surface area contributed by atoms with Crippen LogP contribution in [0.25, 0.3) is 16.9 Å². The number of hydrogen-bond donors (Lipinski definition) is 1. The summed E-state index contributed by atoms with van der Waals surface area (Å²) >= 11 is 7.80. The lowest BCUT2D eigenvalue weighted by Gasteiger charge is -2.34. The first kappa shape index (κ1) is 22.8. The first-order valence-electron chi connectivity index (χ1n) is 11.2. The van der Waals surface area contributed by atoms with Crippen LogP contribution in [0.2, 0.25) is 5.02 Å². The van der Waals surface area contributed by atoms with Gasteiger partial charge in [0.2, 0.25) is 0 Å². The number of thiophene rings is 1. The molecule has 1 atom stereocenters. The van der Waals surface area contributed by atoms with Gasteiger partial charge in [-0.25, -0.2) is 4.68 Å². The maximum absolute atomic E-state index is 13.5. The smallest absolute Gasteiger partial charge is 0.255 e. The fourth-order valence-electron chi connectivity index (χ4n) is 4.14. The second-order valence-electron chi connectivity index (χ2n) is 8.07. The van der Waals surface area contributed by atoms with Crippen molar-refractivity contribution >= 4 is 28.8 Å². The highest BCUT2D eigenvalue weighted by Crippen LogP contribution is 2.27. The number of hydrogen-bond acceptors (Lipinski definition) is 5. The number of carbonyl (C=O) groups is 1. The molecule has 1 aliphatic rings. The van der Waals surface area contributed by atoms with Crippen molar-refractivity contribution in [1.29, 1.82) is 0 Å². The highest BCUT2D eigenvalue weighted by Gasteiger charge is 2.25. The van der Waals surface area contributed by atoms with Crippen LogP contribution in [-0.4, -0.2) is 53.4 Å². The van der Waals surface area contributed by atoms with E-state index in [0.717, 1.165) is 24.3 Å². The molecule has 34 heavy (non-hydrogen) atoms. The number of nitrogens with zero attached hydrogens (tertiary/aromatic N) is 3. The lowest BCUT2D eigenvalue weighted by atomic mass is 10.1. The second kappa shape index (κ2) is 10.5. The number of carbonyl (C=O) groups excluding carboxylic acids is 1. The molecule has 174 valence electrons.